The van der Waals surface area contributed by atoms with Crippen LogP contribution in [0.4, 0.5) is 4.39 Å². The van der Waals surface area contributed by atoms with Gasteiger partial charge in [-0.25, -0.2) is 4.39 Å². The van der Waals surface area contributed by atoms with Crippen LogP contribution in [0.3, 0.4) is 0 Å². The van der Waals surface area contributed by atoms with E-state index in [1.807, 2.05) is 0 Å². The predicted molar refractivity (Wildman–Crippen MR) is 97.5 cm³/mol. The zero-order chi connectivity index (χ0) is 16.2. The van der Waals surface area contributed by atoms with Crippen LogP contribution in [0.15, 0.2) is 29.2 Å². The van der Waals surface area contributed by atoms with Gasteiger partial charge in [0.05, 0.1) is 4.91 Å². The molecule has 5 heteroatoms. The number of carbonyl (C=O) groups is 1. The molecule has 0 atom stereocenters. The van der Waals surface area contributed by atoms with Crippen molar-refractivity contribution in [2.75, 3.05) is 6.54 Å². The maximum absolute atomic E-state index is 13.0. The molecule has 1 saturated heterocycles. The second-order valence-electron chi connectivity index (χ2n) is 6.18. The van der Waals surface area contributed by atoms with Crippen molar-refractivity contribution in [2.24, 2.45) is 5.92 Å². The summed E-state index contributed by atoms with van der Waals surface area (Å²) < 4.78 is 13.6. The largest absolute Gasteiger partial charge is 0.293 e. The van der Waals surface area contributed by atoms with Gasteiger partial charge in [0.25, 0.3) is 5.91 Å². The highest BCUT2D eigenvalue weighted by Crippen LogP contribution is 2.34. The molecule has 2 nitrogen and oxygen atoms in total. The molecule has 0 bridgehead atoms. The number of amides is 1. The van der Waals surface area contributed by atoms with Crippen molar-refractivity contribution in [3.05, 3.63) is 40.6 Å². The number of rotatable bonds is 4. The number of thiocarbonyl (C=S) groups is 1. The summed E-state index contributed by atoms with van der Waals surface area (Å²) in [6, 6.07) is 6.14. The van der Waals surface area contributed by atoms with Crippen molar-refractivity contribution in [1.82, 2.24) is 4.90 Å². The smallest absolute Gasteiger partial charge is 0.266 e. The third-order valence-corrected chi connectivity index (χ3v) is 5.90. The number of benzene rings is 1. The van der Waals surface area contributed by atoms with Crippen LogP contribution in [0, 0.1) is 11.7 Å². The molecule has 1 aromatic carbocycles. The zero-order valence-electron chi connectivity index (χ0n) is 13.0. The molecule has 0 N–H and O–H groups in total. The van der Waals surface area contributed by atoms with Crippen LogP contribution in [0.25, 0.3) is 6.08 Å². The Hall–Kier alpha value is -1.20. The summed E-state index contributed by atoms with van der Waals surface area (Å²) in [5.74, 6) is 0.441. The minimum Gasteiger partial charge on any atom is -0.293 e. The van der Waals surface area contributed by atoms with E-state index in [4.69, 9.17) is 12.2 Å². The monoisotopic (exact) mass is 349 g/mol. The Morgan fingerprint density at radius 3 is 2.61 bits per heavy atom. The van der Waals surface area contributed by atoms with Crippen LogP contribution in [0.5, 0.6) is 0 Å². The van der Waals surface area contributed by atoms with Crippen molar-refractivity contribution >= 4 is 40.3 Å². The van der Waals surface area contributed by atoms with E-state index in [-0.39, 0.29) is 11.7 Å². The summed E-state index contributed by atoms with van der Waals surface area (Å²) in [6.07, 6.45) is 9.36. The highest BCUT2D eigenvalue weighted by atomic mass is 32.2. The summed E-state index contributed by atoms with van der Waals surface area (Å²) in [5, 5.41) is 0. The van der Waals surface area contributed by atoms with E-state index in [0.717, 1.165) is 24.4 Å². The van der Waals surface area contributed by atoms with E-state index >= 15 is 0 Å². The van der Waals surface area contributed by atoms with Gasteiger partial charge in [-0.2, -0.15) is 0 Å². The fourth-order valence-corrected chi connectivity index (χ4v) is 4.50. The van der Waals surface area contributed by atoms with E-state index in [0.29, 0.717) is 9.23 Å². The van der Waals surface area contributed by atoms with Crippen molar-refractivity contribution in [3.63, 3.8) is 0 Å². The van der Waals surface area contributed by atoms with Gasteiger partial charge in [-0.15, -0.1) is 0 Å². The summed E-state index contributed by atoms with van der Waals surface area (Å²) in [5.41, 5.74) is 0.819. The molecule has 1 amide bonds. The molecule has 122 valence electrons. The standard InChI is InChI=1S/C18H20FNOS2/c19-15-8-6-14(7-9-15)12-16-17(21)20(18(22)23-16)11-10-13-4-2-1-3-5-13/h6-9,12-13H,1-5,10-11H2. The molecule has 2 fully saturated rings. The lowest BCUT2D eigenvalue weighted by Crippen LogP contribution is -2.30. The van der Waals surface area contributed by atoms with Gasteiger partial charge in [-0.3, -0.25) is 9.69 Å². The Bertz CT molecular complexity index is 620. The number of nitrogens with zero attached hydrogens (tertiary/aromatic N) is 1. The quantitative estimate of drug-likeness (QED) is 0.564. The first-order chi connectivity index (χ1) is 11.1. The molecule has 23 heavy (non-hydrogen) atoms. The van der Waals surface area contributed by atoms with Gasteiger partial charge in [0, 0.05) is 6.54 Å². The highest BCUT2D eigenvalue weighted by Gasteiger charge is 2.32. The lowest BCUT2D eigenvalue weighted by atomic mass is 9.87. The van der Waals surface area contributed by atoms with E-state index < -0.39 is 0 Å². The van der Waals surface area contributed by atoms with Gasteiger partial charge >= 0.3 is 0 Å². The third kappa shape index (κ3) is 4.21. The Labute approximate surface area is 146 Å². The van der Waals surface area contributed by atoms with Crippen LogP contribution >= 0.6 is 24.0 Å². The normalized spacial score (nSPS) is 21.4. The second-order valence-corrected chi connectivity index (χ2v) is 7.85. The van der Waals surface area contributed by atoms with E-state index in [2.05, 4.69) is 0 Å². The van der Waals surface area contributed by atoms with E-state index in [9.17, 15) is 9.18 Å². The molecule has 2 aliphatic rings. The fraction of sp³-hybridized carbons (Fsp3) is 0.444. The second kappa shape index (κ2) is 7.58. The summed E-state index contributed by atoms with van der Waals surface area (Å²) in [4.78, 5) is 14.9. The number of carbonyl (C=O) groups excluding carboxylic acids is 1. The lowest BCUT2D eigenvalue weighted by molar-refractivity contribution is -0.122. The van der Waals surface area contributed by atoms with Crippen LogP contribution in [-0.2, 0) is 4.79 Å². The SMILES string of the molecule is O=C1C(=Cc2ccc(F)cc2)SC(=S)N1CCC1CCCCC1. The first-order valence-electron chi connectivity index (χ1n) is 8.14. The Morgan fingerprint density at radius 2 is 1.91 bits per heavy atom. The van der Waals surface area contributed by atoms with Gasteiger partial charge in [0.15, 0.2) is 0 Å². The minimum atomic E-state index is -0.276. The average molecular weight is 349 g/mol. The molecule has 0 spiro atoms. The number of thioether (sulfide) groups is 1. The molecule has 1 aliphatic heterocycles. The molecule has 0 aromatic heterocycles. The average Bonchev–Trinajstić information content (AvgIpc) is 2.82. The zero-order valence-corrected chi connectivity index (χ0v) is 14.6. The molecule has 0 radical (unpaired) electrons. The molecular formula is C18H20FNOS2. The molecule has 1 heterocycles. The van der Waals surface area contributed by atoms with Crippen LogP contribution in [0.1, 0.15) is 44.1 Å². The Kier molecular flexibility index (Phi) is 5.49. The lowest BCUT2D eigenvalue weighted by Gasteiger charge is -2.23. The Morgan fingerprint density at radius 1 is 1.22 bits per heavy atom. The van der Waals surface area contributed by atoms with Crippen molar-refractivity contribution in [2.45, 2.75) is 38.5 Å². The third-order valence-electron chi connectivity index (χ3n) is 4.53. The molecule has 1 saturated carbocycles. The maximum atomic E-state index is 13.0. The molecule has 1 aromatic rings. The van der Waals surface area contributed by atoms with Crippen LogP contribution < -0.4 is 0 Å². The Balaban J connectivity index is 1.63. The topological polar surface area (TPSA) is 20.3 Å². The van der Waals surface area contributed by atoms with Gasteiger partial charge in [-0.05, 0) is 36.1 Å². The highest BCUT2D eigenvalue weighted by molar-refractivity contribution is 8.26. The minimum absolute atomic E-state index is 0.0138. The number of halogens is 1. The summed E-state index contributed by atoms with van der Waals surface area (Å²) in [6.45, 7) is 0.718. The predicted octanol–water partition coefficient (Wildman–Crippen LogP) is 5.00. The fourth-order valence-electron chi connectivity index (χ4n) is 3.19. The molecule has 3 rings (SSSR count). The molecular weight excluding hydrogens is 329 g/mol. The van der Waals surface area contributed by atoms with Crippen molar-refractivity contribution < 1.29 is 9.18 Å². The molecule has 1 aliphatic carbocycles. The summed E-state index contributed by atoms with van der Waals surface area (Å²) >= 11 is 6.71. The van der Waals surface area contributed by atoms with Gasteiger partial charge in [-0.1, -0.05) is 68.2 Å². The van der Waals surface area contributed by atoms with Crippen molar-refractivity contribution in [1.29, 1.82) is 0 Å². The van der Waals surface area contributed by atoms with Gasteiger partial charge in [0.2, 0.25) is 0 Å². The maximum Gasteiger partial charge on any atom is 0.266 e. The van der Waals surface area contributed by atoms with Gasteiger partial charge in [0.1, 0.15) is 10.1 Å². The van der Waals surface area contributed by atoms with Gasteiger partial charge < -0.3 is 0 Å². The van der Waals surface area contributed by atoms with Crippen LogP contribution in [0.2, 0.25) is 0 Å². The first-order valence-corrected chi connectivity index (χ1v) is 9.37. The molecule has 0 unspecified atom stereocenters. The first kappa shape index (κ1) is 16.7. The van der Waals surface area contributed by atoms with Crippen molar-refractivity contribution in [3.8, 4) is 0 Å². The number of hydrogen-bond donors (Lipinski definition) is 0. The van der Waals surface area contributed by atoms with Crippen LogP contribution in [-0.4, -0.2) is 21.7 Å². The number of hydrogen-bond acceptors (Lipinski definition) is 3. The van der Waals surface area contributed by atoms with E-state index in [1.165, 1.54) is 56.0 Å². The summed E-state index contributed by atoms with van der Waals surface area (Å²) in [7, 11) is 0. The van der Waals surface area contributed by atoms with E-state index in [1.54, 1.807) is 23.1 Å².